The lowest BCUT2D eigenvalue weighted by molar-refractivity contribution is 0.259. The summed E-state index contributed by atoms with van der Waals surface area (Å²) >= 11 is 0. The van der Waals surface area contributed by atoms with Gasteiger partial charge < -0.3 is 40.2 Å². The van der Waals surface area contributed by atoms with Gasteiger partial charge in [-0.1, -0.05) is 52.0 Å². The van der Waals surface area contributed by atoms with E-state index >= 15 is 0 Å². The first-order chi connectivity index (χ1) is 53.7. The Hall–Kier alpha value is -9.56. The maximum Gasteiger partial charge on any atom is 0.354 e. The van der Waals surface area contributed by atoms with Gasteiger partial charge in [-0.3, -0.25) is 0 Å². The molecule has 8 aliphatic carbocycles. The lowest BCUT2D eigenvalue weighted by Gasteiger charge is -2.17. The molecule has 592 valence electrons. The molecule has 8 aromatic rings. The Kier molecular flexibility index (Phi) is 19.8. The predicted molar refractivity (Wildman–Crippen MR) is 420 cm³/mol. The summed E-state index contributed by atoms with van der Waals surface area (Å²) in [5.41, 5.74) is 23.4. The second kappa shape index (κ2) is 29.4. The molecule has 20 rings (SSSR count). The van der Waals surface area contributed by atoms with Crippen molar-refractivity contribution in [3.63, 3.8) is 0 Å². The van der Waals surface area contributed by atoms with Crippen molar-refractivity contribution in [2.45, 2.75) is 226 Å². The first-order valence-electron chi connectivity index (χ1n) is 38.6. The zero-order valence-electron chi connectivity index (χ0n) is 62.9. The summed E-state index contributed by atoms with van der Waals surface area (Å²) in [5.74, 6) is 2.85. The average Bonchev–Trinajstić information content (AvgIpc) is 1.56. The molecule has 4 aliphatic heterocycles. The first-order valence-corrected chi connectivity index (χ1v) is 44.9. The normalized spacial score (nSPS) is 21.4. The number of urea groups is 4. The van der Waals surface area contributed by atoms with Crippen LogP contribution < -0.4 is 60.8 Å². The smallest absolute Gasteiger partial charge is 0.354 e. The quantitative estimate of drug-likeness (QED) is 0.0700. The molecule has 0 saturated carbocycles. The molecule has 4 aromatic carbocycles. The van der Waals surface area contributed by atoms with Crippen LogP contribution in [0.15, 0.2) is 86.1 Å². The average molecular weight is 1610 g/mol. The summed E-state index contributed by atoms with van der Waals surface area (Å²) in [4.78, 5) is 51.6. The second-order valence-corrected chi connectivity index (χ2v) is 38.0. The van der Waals surface area contributed by atoms with Gasteiger partial charge in [-0.2, -0.15) is 20.4 Å². The van der Waals surface area contributed by atoms with E-state index in [-0.39, 0.29) is 19.6 Å². The van der Waals surface area contributed by atoms with E-state index in [4.69, 9.17) is 39.5 Å². The fraction of sp³-hybridized carbons (Fsp3) is 0.474. The number of nitrogens with two attached hydrogens (primary N) is 4. The van der Waals surface area contributed by atoms with E-state index in [0.29, 0.717) is 99.8 Å². The van der Waals surface area contributed by atoms with Crippen LogP contribution >= 0.6 is 0 Å². The Morgan fingerprint density at radius 3 is 0.777 bits per heavy atom. The number of aryl methyl sites for hydroxylation is 8. The van der Waals surface area contributed by atoms with Crippen molar-refractivity contribution in [2.24, 2.45) is 38.0 Å². The Bertz CT molecular complexity index is 5160. The third-order valence-electron chi connectivity index (χ3n) is 23.7. The number of nitrogens with zero attached hydrogens (tertiary/aromatic N) is 12. The number of anilines is 4. The number of amides is 8. The highest BCUT2D eigenvalue weighted by molar-refractivity contribution is 7.92. The number of benzene rings is 4. The number of ether oxygens (including phenoxy) is 4. The molecular weight excluding hydrogens is 1510 g/mol. The van der Waals surface area contributed by atoms with E-state index in [1.807, 2.05) is 0 Å². The van der Waals surface area contributed by atoms with E-state index in [0.717, 1.165) is 151 Å². The second-order valence-electron chi connectivity index (χ2n) is 30.9. The van der Waals surface area contributed by atoms with Gasteiger partial charge in [0.15, 0.2) is 39.7 Å². The molecule has 12 aliphatic rings. The van der Waals surface area contributed by atoms with Crippen LogP contribution in [-0.2, 0) is 143 Å². The van der Waals surface area contributed by atoms with Gasteiger partial charge in [-0.25, -0.2) is 75.3 Å². The van der Waals surface area contributed by atoms with Gasteiger partial charge in [-0.05, 0) is 241 Å². The van der Waals surface area contributed by atoms with Crippen molar-refractivity contribution in [1.29, 1.82) is 0 Å². The van der Waals surface area contributed by atoms with Gasteiger partial charge in [0.25, 0.3) is 0 Å². The van der Waals surface area contributed by atoms with Crippen LogP contribution in [0.1, 0.15) is 192 Å². The molecule has 8 atom stereocenters. The molecule has 4 unspecified atom stereocenters. The number of hydrogen-bond donors (Lipinski definition) is 8. The molecule has 0 saturated heterocycles. The van der Waals surface area contributed by atoms with Gasteiger partial charge in [0.05, 0.1) is 51.0 Å². The summed E-state index contributed by atoms with van der Waals surface area (Å²) in [6.45, 7) is 12.8. The number of carbonyl (C=O) groups excluding carboxylic acids is 4. The molecule has 4 aromatic heterocycles. The molecule has 0 fully saturated rings. The van der Waals surface area contributed by atoms with Crippen molar-refractivity contribution >= 4 is 86.5 Å². The van der Waals surface area contributed by atoms with Crippen molar-refractivity contribution in [2.75, 3.05) is 47.7 Å². The highest BCUT2D eigenvalue weighted by Gasteiger charge is 2.37. The predicted octanol–water partition coefficient (Wildman–Crippen LogP) is 11.0. The number of nitrogens with one attached hydrogen (secondary N) is 4. The molecule has 8 heterocycles. The van der Waals surface area contributed by atoms with Gasteiger partial charge in [0, 0.05) is 22.7 Å². The Balaban J connectivity index is 0.000000108. The zero-order chi connectivity index (χ0) is 77.9. The lowest BCUT2D eigenvalue weighted by Crippen LogP contribution is -2.19. The molecule has 0 spiro atoms. The van der Waals surface area contributed by atoms with E-state index in [1.54, 1.807) is 18.7 Å². The highest BCUT2D eigenvalue weighted by atomic mass is 32.2. The third kappa shape index (κ3) is 14.0. The summed E-state index contributed by atoms with van der Waals surface area (Å²) < 4.78 is 95.2. The fourth-order valence-corrected chi connectivity index (χ4v) is 22.6. The van der Waals surface area contributed by atoms with E-state index < -0.39 is 63.8 Å². The Labute approximate surface area is 649 Å². The summed E-state index contributed by atoms with van der Waals surface area (Å²) in [7, 11) is -13.8. The van der Waals surface area contributed by atoms with Gasteiger partial charge in [0.2, 0.25) is 23.5 Å². The maximum atomic E-state index is 13.0. The molecular formula is C76H92N20O12S4. The SMILES string of the molecule is C[C@@H]1CCc2cc3c(c(NC(=O)N=S(N)(=O)c4cnn5c4OCC5)c21)CCC3.C[C@@H]1CCc2cc3c(c(NC(=O)N=S(N)(=O)c4cnn5c4OCC5)c21)CCC3.C[C@H]1CCc2cc3c(c(NC(=O)N=S(N)(=O)c4cnn5c4OCC5)c21)CCC3.C[C@H]1CCc2cc3c(c(NC(=O)N=S(N)(=O)c4cnn5c4OCC5)c21)CCC3. The van der Waals surface area contributed by atoms with Crippen molar-refractivity contribution in [3.05, 3.63) is 138 Å². The van der Waals surface area contributed by atoms with Crippen molar-refractivity contribution in [1.82, 2.24) is 39.1 Å². The van der Waals surface area contributed by atoms with Crippen LogP contribution in [0.4, 0.5) is 41.9 Å². The van der Waals surface area contributed by atoms with Crippen molar-refractivity contribution < 1.29 is 55.0 Å². The van der Waals surface area contributed by atoms with Crippen molar-refractivity contribution in [3.8, 4) is 23.5 Å². The largest absolute Gasteiger partial charge is 0.475 e. The minimum atomic E-state index is -3.45. The van der Waals surface area contributed by atoms with Gasteiger partial charge in [0.1, 0.15) is 46.0 Å². The number of carbonyl (C=O) groups is 4. The van der Waals surface area contributed by atoms with Crippen LogP contribution in [0.2, 0.25) is 0 Å². The van der Waals surface area contributed by atoms with Crippen LogP contribution in [0.5, 0.6) is 23.5 Å². The number of rotatable bonds is 8. The van der Waals surface area contributed by atoms with Crippen LogP contribution in [0, 0.1) is 0 Å². The molecule has 0 bridgehead atoms. The lowest BCUT2D eigenvalue weighted by atomic mass is 9.95. The molecule has 112 heavy (non-hydrogen) atoms. The zero-order valence-corrected chi connectivity index (χ0v) is 66.2. The summed E-state index contributed by atoms with van der Waals surface area (Å²) in [6.07, 6.45) is 26.1. The maximum absolute atomic E-state index is 13.0. The Morgan fingerprint density at radius 2 is 0.562 bits per heavy atom. The summed E-state index contributed by atoms with van der Waals surface area (Å²) in [5, 5.41) is 51.8. The van der Waals surface area contributed by atoms with E-state index in [2.05, 4.69) is 111 Å². The molecule has 12 N–H and O–H groups in total. The van der Waals surface area contributed by atoms with Crippen LogP contribution in [0.3, 0.4) is 0 Å². The van der Waals surface area contributed by atoms with E-state index in [9.17, 15) is 36.0 Å². The monoisotopic (exact) mass is 1600 g/mol. The number of hydrogen-bond acceptors (Lipinski definition) is 16. The minimum Gasteiger partial charge on any atom is -0.475 e. The number of aromatic nitrogens is 8. The molecule has 32 nitrogen and oxygen atoms in total. The Morgan fingerprint density at radius 1 is 0.348 bits per heavy atom. The van der Waals surface area contributed by atoms with Crippen LogP contribution in [0.25, 0.3) is 0 Å². The molecule has 36 heteroatoms. The fourth-order valence-electron chi connectivity index (χ4n) is 18.6. The van der Waals surface area contributed by atoms with E-state index in [1.165, 1.54) is 114 Å². The number of fused-ring (bicyclic) bond motifs is 12. The minimum absolute atomic E-state index is 0.164. The summed E-state index contributed by atoms with van der Waals surface area (Å²) in [6, 6.07) is 6.44. The first kappa shape index (κ1) is 75.1. The topological polar surface area (TPSA) is 446 Å². The molecule has 0 radical (unpaired) electrons. The standard InChI is InChI=1S/4C19H23N5O3S/c4*1-11-5-6-13-9-12-3-2-4-14(12)17(16(11)13)22-19(25)23-28(20,26)15-10-21-24-7-8-27-18(15)24/h4*9-11H,2-8H2,1H3,(H3,20,22,23,25,26)/t4*11-,28?/m1100/s1. The van der Waals surface area contributed by atoms with Gasteiger partial charge >= 0.3 is 24.1 Å². The molecule has 8 amide bonds. The van der Waals surface area contributed by atoms with Gasteiger partial charge in [-0.15, -0.1) is 17.5 Å². The third-order valence-corrected chi connectivity index (χ3v) is 29.1. The van der Waals surface area contributed by atoms with Crippen LogP contribution in [-0.4, -0.2) is 107 Å². The highest BCUT2D eigenvalue weighted by Crippen LogP contribution is 2.49.